The number of nitrogens with zero attached hydrogens (tertiary/aromatic N) is 2. The Hall–Kier alpha value is -0.450. The predicted octanol–water partition coefficient (Wildman–Crippen LogP) is 2.65. The van der Waals surface area contributed by atoms with E-state index in [1.165, 1.54) is 30.7 Å². The molecule has 2 atom stereocenters. The van der Waals surface area contributed by atoms with Crippen LogP contribution in [0, 0.1) is 5.92 Å². The zero-order valence-electron chi connectivity index (χ0n) is 10.8. The maximum absolute atomic E-state index is 5.99. The molecule has 4 heteroatoms. The van der Waals surface area contributed by atoms with Crippen molar-refractivity contribution in [3.8, 4) is 0 Å². The van der Waals surface area contributed by atoms with E-state index in [9.17, 15) is 0 Å². The van der Waals surface area contributed by atoms with E-state index in [0.29, 0.717) is 18.0 Å². The van der Waals surface area contributed by atoms with E-state index in [1.54, 1.807) is 11.3 Å². The summed E-state index contributed by atoms with van der Waals surface area (Å²) in [6.07, 6.45) is 5.88. The number of thiazole rings is 1. The van der Waals surface area contributed by atoms with E-state index in [0.717, 1.165) is 6.54 Å². The van der Waals surface area contributed by atoms with Gasteiger partial charge in [-0.1, -0.05) is 6.42 Å². The Kier molecular flexibility index (Phi) is 4.54. The van der Waals surface area contributed by atoms with Crippen molar-refractivity contribution in [1.29, 1.82) is 0 Å². The number of nitrogens with two attached hydrogens (primary N) is 1. The third kappa shape index (κ3) is 2.87. The number of aromatic nitrogens is 1. The molecule has 0 aromatic carbocycles. The van der Waals surface area contributed by atoms with Gasteiger partial charge in [-0.2, -0.15) is 0 Å². The lowest BCUT2D eigenvalue weighted by Crippen LogP contribution is -2.39. The fourth-order valence-corrected chi connectivity index (χ4v) is 3.69. The molecule has 2 rings (SSSR count). The highest BCUT2D eigenvalue weighted by Crippen LogP contribution is 2.37. The van der Waals surface area contributed by atoms with Crippen LogP contribution < -0.4 is 5.73 Å². The lowest BCUT2D eigenvalue weighted by Gasteiger charge is -2.36. The standard InChI is InChI=1S/C13H23N3S/c1-10(2)16-6-4-3-5-11(7-14)13(16)12-8-15-9-17-12/h8-11,13H,3-7,14H2,1-2H3. The lowest BCUT2D eigenvalue weighted by molar-refractivity contribution is 0.124. The second-order valence-corrected chi connectivity index (χ2v) is 6.09. The second-order valence-electron chi connectivity index (χ2n) is 5.17. The number of hydrogen-bond acceptors (Lipinski definition) is 4. The van der Waals surface area contributed by atoms with Gasteiger partial charge >= 0.3 is 0 Å². The molecule has 0 radical (unpaired) electrons. The van der Waals surface area contributed by atoms with Crippen LogP contribution >= 0.6 is 11.3 Å². The van der Waals surface area contributed by atoms with Crippen molar-refractivity contribution in [2.24, 2.45) is 11.7 Å². The molecular weight excluding hydrogens is 230 g/mol. The largest absolute Gasteiger partial charge is 0.330 e. The van der Waals surface area contributed by atoms with Crippen molar-refractivity contribution >= 4 is 11.3 Å². The third-order valence-electron chi connectivity index (χ3n) is 3.75. The highest BCUT2D eigenvalue weighted by molar-refractivity contribution is 7.09. The Morgan fingerprint density at radius 2 is 2.35 bits per heavy atom. The first-order valence-electron chi connectivity index (χ1n) is 6.58. The molecule has 2 unspecified atom stereocenters. The van der Waals surface area contributed by atoms with Crippen molar-refractivity contribution in [2.75, 3.05) is 13.1 Å². The Morgan fingerprint density at radius 3 is 2.94 bits per heavy atom. The SMILES string of the molecule is CC(C)N1CCCCC(CN)C1c1cncs1. The first-order chi connectivity index (χ1) is 8.24. The van der Waals surface area contributed by atoms with Gasteiger partial charge in [-0.15, -0.1) is 11.3 Å². The Balaban J connectivity index is 2.28. The predicted molar refractivity (Wildman–Crippen MR) is 73.1 cm³/mol. The molecule has 1 aliphatic heterocycles. The van der Waals surface area contributed by atoms with Crippen molar-refractivity contribution in [3.05, 3.63) is 16.6 Å². The zero-order valence-corrected chi connectivity index (χ0v) is 11.6. The van der Waals surface area contributed by atoms with E-state index in [1.807, 2.05) is 11.7 Å². The van der Waals surface area contributed by atoms with E-state index in [2.05, 4.69) is 23.7 Å². The molecule has 2 heterocycles. The van der Waals surface area contributed by atoms with Gasteiger partial charge < -0.3 is 5.73 Å². The fraction of sp³-hybridized carbons (Fsp3) is 0.769. The molecule has 1 aromatic heterocycles. The summed E-state index contributed by atoms with van der Waals surface area (Å²) in [6, 6.07) is 1.06. The van der Waals surface area contributed by atoms with Crippen LogP contribution in [0.4, 0.5) is 0 Å². The molecule has 0 spiro atoms. The summed E-state index contributed by atoms with van der Waals surface area (Å²) in [5.41, 5.74) is 7.93. The highest BCUT2D eigenvalue weighted by Gasteiger charge is 2.32. The first kappa shape index (κ1) is 13.0. The molecule has 2 N–H and O–H groups in total. The van der Waals surface area contributed by atoms with E-state index >= 15 is 0 Å². The van der Waals surface area contributed by atoms with Crippen LogP contribution in [-0.2, 0) is 0 Å². The van der Waals surface area contributed by atoms with Crippen LogP contribution in [0.15, 0.2) is 11.7 Å². The summed E-state index contributed by atoms with van der Waals surface area (Å²) < 4.78 is 0. The van der Waals surface area contributed by atoms with Crippen LogP contribution in [0.3, 0.4) is 0 Å². The first-order valence-corrected chi connectivity index (χ1v) is 7.46. The maximum atomic E-state index is 5.99. The molecular formula is C13H23N3S. The zero-order chi connectivity index (χ0) is 12.3. The van der Waals surface area contributed by atoms with Gasteiger partial charge in [0.05, 0.1) is 5.51 Å². The van der Waals surface area contributed by atoms with Crippen molar-refractivity contribution in [1.82, 2.24) is 9.88 Å². The molecule has 0 bridgehead atoms. The molecule has 96 valence electrons. The quantitative estimate of drug-likeness (QED) is 0.900. The van der Waals surface area contributed by atoms with Gasteiger partial charge in [-0.25, -0.2) is 0 Å². The Bertz CT molecular complexity index is 323. The van der Waals surface area contributed by atoms with Gasteiger partial charge in [0.1, 0.15) is 0 Å². The average molecular weight is 253 g/mol. The van der Waals surface area contributed by atoms with Crippen molar-refractivity contribution in [2.45, 2.75) is 45.2 Å². The molecule has 0 amide bonds. The molecule has 1 fully saturated rings. The van der Waals surface area contributed by atoms with Gasteiger partial charge in [-0.05, 0) is 45.7 Å². The summed E-state index contributed by atoms with van der Waals surface area (Å²) >= 11 is 1.77. The highest BCUT2D eigenvalue weighted by atomic mass is 32.1. The van der Waals surface area contributed by atoms with Crippen molar-refractivity contribution < 1.29 is 0 Å². The number of likely N-dealkylation sites (tertiary alicyclic amines) is 1. The van der Waals surface area contributed by atoms with Gasteiger partial charge in [-0.3, -0.25) is 9.88 Å². The summed E-state index contributed by atoms with van der Waals surface area (Å²) in [5.74, 6) is 0.584. The number of rotatable bonds is 3. The maximum Gasteiger partial charge on any atom is 0.0794 e. The van der Waals surface area contributed by atoms with Crippen LogP contribution in [0.1, 0.15) is 44.0 Å². The Labute approximate surface area is 108 Å². The van der Waals surface area contributed by atoms with Crippen molar-refractivity contribution in [3.63, 3.8) is 0 Å². The molecule has 0 saturated carbocycles. The topological polar surface area (TPSA) is 42.1 Å². The summed E-state index contributed by atoms with van der Waals surface area (Å²) in [4.78, 5) is 8.24. The van der Waals surface area contributed by atoms with Gasteiger partial charge in [0, 0.05) is 23.2 Å². The molecule has 1 aromatic rings. The average Bonchev–Trinajstić information content (AvgIpc) is 2.74. The Morgan fingerprint density at radius 1 is 1.53 bits per heavy atom. The second kappa shape index (κ2) is 5.94. The summed E-state index contributed by atoms with van der Waals surface area (Å²) in [5, 5.41) is 0. The molecule has 3 nitrogen and oxygen atoms in total. The van der Waals surface area contributed by atoms with Crippen LogP contribution in [0.2, 0.25) is 0 Å². The molecule has 17 heavy (non-hydrogen) atoms. The minimum atomic E-state index is 0.481. The summed E-state index contributed by atoms with van der Waals surface area (Å²) in [7, 11) is 0. The molecule has 1 aliphatic rings. The van der Waals surface area contributed by atoms with Crippen LogP contribution in [-0.4, -0.2) is 29.0 Å². The van der Waals surface area contributed by atoms with E-state index < -0.39 is 0 Å². The van der Waals surface area contributed by atoms with E-state index in [4.69, 9.17) is 5.73 Å². The normalized spacial score (nSPS) is 27.3. The minimum Gasteiger partial charge on any atom is -0.330 e. The van der Waals surface area contributed by atoms with Gasteiger partial charge in [0.15, 0.2) is 0 Å². The third-order valence-corrected chi connectivity index (χ3v) is 4.60. The van der Waals surface area contributed by atoms with Gasteiger partial charge in [0.2, 0.25) is 0 Å². The van der Waals surface area contributed by atoms with Gasteiger partial charge in [0.25, 0.3) is 0 Å². The fourth-order valence-electron chi connectivity index (χ4n) is 2.86. The minimum absolute atomic E-state index is 0.481. The molecule has 0 aliphatic carbocycles. The van der Waals surface area contributed by atoms with Crippen LogP contribution in [0.5, 0.6) is 0 Å². The van der Waals surface area contributed by atoms with E-state index in [-0.39, 0.29) is 0 Å². The monoisotopic (exact) mass is 253 g/mol. The molecule has 1 saturated heterocycles. The summed E-state index contributed by atoms with van der Waals surface area (Å²) in [6.45, 7) is 6.54. The smallest absolute Gasteiger partial charge is 0.0794 e. The number of hydrogen-bond donors (Lipinski definition) is 1. The van der Waals surface area contributed by atoms with Crippen LogP contribution in [0.25, 0.3) is 0 Å². The lowest BCUT2D eigenvalue weighted by atomic mass is 9.93.